The molecule has 0 bridgehead atoms. The van der Waals surface area contributed by atoms with E-state index in [1.54, 1.807) is 0 Å². The van der Waals surface area contributed by atoms with Crippen molar-refractivity contribution >= 4 is 28.6 Å². The molecule has 4 rings (SSSR count). The number of hydrogen-bond donors (Lipinski definition) is 0. The van der Waals surface area contributed by atoms with Gasteiger partial charge < -0.3 is 9.32 Å². The van der Waals surface area contributed by atoms with Crippen LogP contribution in [0.5, 0.6) is 0 Å². The van der Waals surface area contributed by atoms with Gasteiger partial charge in [-0.25, -0.2) is 0 Å². The summed E-state index contributed by atoms with van der Waals surface area (Å²) < 4.78 is 6.27. The number of anilines is 1. The van der Waals surface area contributed by atoms with Crippen LogP contribution in [0.15, 0.2) is 83.3 Å². The molecule has 140 valence electrons. The molecule has 0 atom stereocenters. The Bertz CT molecular complexity index is 1170. The second-order valence-electron chi connectivity index (χ2n) is 6.84. The molecule has 4 aromatic rings. The van der Waals surface area contributed by atoms with Crippen molar-refractivity contribution in [2.24, 2.45) is 0 Å². The van der Waals surface area contributed by atoms with Crippen LogP contribution < -0.4 is 15.7 Å². The summed E-state index contributed by atoms with van der Waals surface area (Å²) in [6.07, 6.45) is 4.22. The molecule has 0 aliphatic heterocycles. The zero-order valence-corrected chi connectivity index (χ0v) is 16.4. The van der Waals surface area contributed by atoms with Crippen LogP contribution in [0.2, 0.25) is 0 Å². The van der Waals surface area contributed by atoms with Crippen LogP contribution >= 0.6 is 0 Å². The average molecular weight is 367 g/mol. The van der Waals surface area contributed by atoms with Crippen molar-refractivity contribution in [3.63, 3.8) is 0 Å². The van der Waals surface area contributed by atoms with Gasteiger partial charge in [0.2, 0.25) is 0 Å². The van der Waals surface area contributed by atoms with Crippen LogP contribution in [0.25, 0.3) is 22.9 Å². The SMILES string of the molecule is CCN(CC)c1ccc(/C=c2\o/c(=C\c3ccccc3)c3ccccc23)cc1. The highest BCUT2D eigenvalue weighted by Gasteiger charge is 2.04. The van der Waals surface area contributed by atoms with E-state index in [9.17, 15) is 0 Å². The first kappa shape index (κ1) is 18.1. The Balaban J connectivity index is 1.80. The highest BCUT2D eigenvalue weighted by atomic mass is 16.3. The minimum Gasteiger partial charge on any atom is -0.456 e. The predicted octanol–water partition coefficient (Wildman–Crippen LogP) is 4.94. The number of fused-ring (bicyclic) bond motifs is 1. The van der Waals surface area contributed by atoms with Gasteiger partial charge in [0.25, 0.3) is 0 Å². The third-order valence-electron chi connectivity index (χ3n) is 5.09. The maximum absolute atomic E-state index is 6.27. The summed E-state index contributed by atoms with van der Waals surface area (Å²) in [4.78, 5) is 2.35. The minimum atomic E-state index is 0.896. The highest BCUT2D eigenvalue weighted by Crippen LogP contribution is 2.16. The molecule has 0 N–H and O–H groups in total. The van der Waals surface area contributed by atoms with Crippen molar-refractivity contribution in [2.45, 2.75) is 13.8 Å². The zero-order valence-electron chi connectivity index (χ0n) is 16.4. The van der Waals surface area contributed by atoms with Gasteiger partial charge in [0, 0.05) is 29.5 Å². The Morgan fingerprint density at radius 1 is 0.643 bits per heavy atom. The van der Waals surface area contributed by atoms with E-state index in [1.807, 2.05) is 18.2 Å². The molecule has 0 spiro atoms. The average Bonchev–Trinajstić information content (AvgIpc) is 3.08. The fourth-order valence-electron chi connectivity index (χ4n) is 3.58. The second kappa shape index (κ2) is 8.18. The predicted molar refractivity (Wildman–Crippen MR) is 119 cm³/mol. The quantitative estimate of drug-likeness (QED) is 0.497. The summed E-state index contributed by atoms with van der Waals surface area (Å²) in [5.41, 5.74) is 5.32. The van der Waals surface area contributed by atoms with Crippen molar-refractivity contribution in [3.05, 3.63) is 101 Å². The lowest BCUT2D eigenvalue weighted by atomic mass is 10.1. The summed E-state index contributed by atoms with van der Waals surface area (Å²) in [6, 6.07) is 27.3. The van der Waals surface area contributed by atoms with Gasteiger partial charge in [-0.15, -0.1) is 0 Å². The van der Waals surface area contributed by atoms with Crippen LogP contribution in [-0.4, -0.2) is 13.1 Å². The molecule has 3 aromatic carbocycles. The van der Waals surface area contributed by atoms with E-state index in [1.165, 1.54) is 5.69 Å². The van der Waals surface area contributed by atoms with Crippen molar-refractivity contribution < 1.29 is 4.42 Å². The van der Waals surface area contributed by atoms with E-state index in [-0.39, 0.29) is 0 Å². The van der Waals surface area contributed by atoms with Gasteiger partial charge in [0.15, 0.2) is 0 Å². The number of hydrogen-bond acceptors (Lipinski definition) is 2. The van der Waals surface area contributed by atoms with E-state index in [0.717, 1.165) is 45.8 Å². The minimum absolute atomic E-state index is 0.896. The largest absolute Gasteiger partial charge is 0.456 e. The third kappa shape index (κ3) is 3.72. The number of nitrogens with zero attached hydrogens (tertiary/aromatic N) is 1. The molecule has 0 unspecified atom stereocenters. The van der Waals surface area contributed by atoms with Crippen LogP contribution in [0.4, 0.5) is 5.69 Å². The third-order valence-corrected chi connectivity index (χ3v) is 5.09. The molecule has 0 saturated heterocycles. The van der Waals surface area contributed by atoms with Crippen LogP contribution in [0.1, 0.15) is 25.0 Å². The Morgan fingerprint density at radius 2 is 1.14 bits per heavy atom. The van der Waals surface area contributed by atoms with Gasteiger partial charge in [-0.3, -0.25) is 0 Å². The summed E-state index contributed by atoms with van der Waals surface area (Å²) in [6.45, 7) is 6.40. The lowest BCUT2D eigenvalue weighted by Crippen LogP contribution is -2.21. The summed E-state index contributed by atoms with van der Waals surface area (Å²) in [5, 5.41) is 2.27. The van der Waals surface area contributed by atoms with E-state index in [0.29, 0.717) is 0 Å². The Hall–Kier alpha value is -3.26. The molecule has 1 heterocycles. The monoisotopic (exact) mass is 367 g/mol. The molecule has 2 heteroatoms. The number of benzene rings is 3. The van der Waals surface area contributed by atoms with Gasteiger partial charge in [-0.05, 0) is 49.3 Å². The number of furan rings is 1. The van der Waals surface area contributed by atoms with E-state index in [4.69, 9.17) is 4.42 Å². The maximum Gasteiger partial charge on any atom is 0.136 e. The molecule has 1 aromatic heterocycles. The van der Waals surface area contributed by atoms with Crippen molar-refractivity contribution in [1.82, 2.24) is 0 Å². The molecule has 0 fully saturated rings. The molecule has 0 aliphatic carbocycles. The first-order valence-electron chi connectivity index (χ1n) is 9.89. The van der Waals surface area contributed by atoms with Crippen LogP contribution in [0.3, 0.4) is 0 Å². The van der Waals surface area contributed by atoms with E-state index < -0.39 is 0 Å². The normalized spacial score (nSPS) is 12.6. The van der Waals surface area contributed by atoms with Gasteiger partial charge in [-0.2, -0.15) is 0 Å². The zero-order chi connectivity index (χ0) is 19.3. The summed E-state index contributed by atoms with van der Waals surface area (Å²) in [5.74, 6) is 0. The van der Waals surface area contributed by atoms with E-state index >= 15 is 0 Å². The van der Waals surface area contributed by atoms with Gasteiger partial charge >= 0.3 is 0 Å². The molecular formula is C26H25NO. The Labute approximate surface area is 166 Å². The Morgan fingerprint density at radius 3 is 1.68 bits per heavy atom. The van der Waals surface area contributed by atoms with Gasteiger partial charge in [0.1, 0.15) is 10.8 Å². The van der Waals surface area contributed by atoms with Crippen molar-refractivity contribution in [2.75, 3.05) is 18.0 Å². The molecular weight excluding hydrogens is 342 g/mol. The van der Waals surface area contributed by atoms with E-state index in [2.05, 4.69) is 91.6 Å². The number of rotatable bonds is 5. The smallest absolute Gasteiger partial charge is 0.136 e. The fourth-order valence-corrected chi connectivity index (χ4v) is 3.58. The first-order chi connectivity index (χ1) is 13.8. The molecule has 28 heavy (non-hydrogen) atoms. The molecule has 0 radical (unpaired) electrons. The van der Waals surface area contributed by atoms with Crippen molar-refractivity contribution in [3.8, 4) is 0 Å². The first-order valence-corrected chi connectivity index (χ1v) is 9.89. The second-order valence-corrected chi connectivity index (χ2v) is 6.84. The molecule has 2 nitrogen and oxygen atoms in total. The van der Waals surface area contributed by atoms with Crippen LogP contribution in [0, 0.1) is 0 Å². The summed E-state index contributed by atoms with van der Waals surface area (Å²) in [7, 11) is 0. The standard InChI is InChI=1S/C26H25NO/c1-3-27(4-2)22-16-14-21(15-17-22)19-26-24-13-9-8-12-23(24)25(28-26)18-20-10-6-5-7-11-20/h5-19H,3-4H2,1-2H3/b25-18-,26-19-. The van der Waals surface area contributed by atoms with Crippen LogP contribution in [-0.2, 0) is 0 Å². The lowest BCUT2D eigenvalue weighted by Gasteiger charge is -2.20. The Kier molecular flexibility index (Phi) is 5.29. The topological polar surface area (TPSA) is 16.4 Å². The maximum atomic E-state index is 6.27. The molecule has 0 saturated carbocycles. The lowest BCUT2D eigenvalue weighted by molar-refractivity contribution is 0.508. The highest BCUT2D eigenvalue weighted by molar-refractivity contribution is 5.84. The molecule has 0 amide bonds. The summed E-state index contributed by atoms with van der Waals surface area (Å²) >= 11 is 0. The van der Waals surface area contributed by atoms with Crippen molar-refractivity contribution in [1.29, 1.82) is 0 Å². The van der Waals surface area contributed by atoms with Gasteiger partial charge in [0.05, 0.1) is 0 Å². The molecule has 0 aliphatic rings. The fraction of sp³-hybridized carbons (Fsp3) is 0.154. The van der Waals surface area contributed by atoms with Gasteiger partial charge in [-0.1, -0.05) is 66.7 Å².